The lowest BCUT2D eigenvalue weighted by molar-refractivity contribution is -0.232. The second-order valence-corrected chi connectivity index (χ2v) is 8.82. The molecule has 0 saturated carbocycles. The number of H-pyrrole nitrogens is 1. The monoisotopic (exact) mass is 492 g/mol. The molecule has 2 N–H and O–H groups in total. The van der Waals surface area contributed by atoms with E-state index in [1.807, 2.05) is 19.9 Å². The highest BCUT2D eigenvalue weighted by atomic mass is 19.4. The number of aliphatic hydroxyl groups is 1. The first-order chi connectivity index (χ1) is 16.4. The van der Waals surface area contributed by atoms with Crippen LogP contribution in [0.25, 0.3) is 10.9 Å². The molecule has 1 aromatic heterocycles. The molecule has 35 heavy (non-hydrogen) atoms. The lowest BCUT2D eigenvalue weighted by Crippen LogP contribution is -2.47. The summed E-state index contributed by atoms with van der Waals surface area (Å²) in [6.07, 6.45) is -4.96. The fourth-order valence-corrected chi connectivity index (χ4v) is 4.01. The van der Waals surface area contributed by atoms with Gasteiger partial charge in [0, 0.05) is 17.7 Å². The number of aliphatic imine (C=N–C) groups is 1. The second kappa shape index (κ2) is 10.2. The van der Waals surface area contributed by atoms with Crippen molar-refractivity contribution in [3.8, 4) is 5.75 Å². The zero-order chi connectivity index (χ0) is 26.0. The first-order valence-corrected chi connectivity index (χ1v) is 11.2. The van der Waals surface area contributed by atoms with Gasteiger partial charge in [-0.15, -0.1) is 0 Å². The number of halogens is 4. The Morgan fingerprint density at radius 1 is 1.14 bits per heavy atom. The maximum absolute atomic E-state index is 14.1. The van der Waals surface area contributed by atoms with Crippen molar-refractivity contribution in [2.24, 2.45) is 4.99 Å². The van der Waals surface area contributed by atoms with E-state index in [-0.39, 0.29) is 22.5 Å². The van der Waals surface area contributed by atoms with Crippen LogP contribution in [-0.2, 0) is 0 Å². The number of nitrogens with one attached hydrogen (secondary N) is 1. The Hall–Kier alpha value is -3.20. The molecule has 0 bridgehead atoms. The topological polar surface area (TPSA) is 74.7 Å². The van der Waals surface area contributed by atoms with Crippen LogP contribution in [0.15, 0.2) is 52.3 Å². The van der Waals surface area contributed by atoms with Crippen molar-refractivity contribution < 1.29 is 27.4 Å². The zero-order valence-corrected chi connectivity index (χ0v) is 19.9. The van der Waals surface area contributed by atoms with Crippen LogP contribution in [0.2, 0.25) is 0 Å². The number of hydrogen-bond acceptors (Lipinski definition) is 4. The largest absolute Gasteiger partial charge is 0.496 e. The SMILES string of the molecule is CCC(CC(O)(C=Nc1ccc(F)c2[nH]c(=O)ccc12)C(F)(F)F)c1ccc(C(C)C)cc1OC. The first-order valence-electron chi connectivity index (χ1n) is 11.2. The Morgan fingerprint density at radius 3 is 2.46 bits per heavy atom. The summed E-state index contributed by atoms with van der Waals surface area (Å²) in [7, 11) is 1.46. The molecule has 3 rings (SSSR count). The zero-order valence-electron chi connectivity index (χ0n) is 19.9. The third-order valence-electron chi connectivity index (χ3n) is 6.14. The summed E-state index contributed by atoms with van der Waals surface area (Å²) < 4.78 is 61.9. The predicted octanol–water partition coefficient (Wildman–Crippen LogP) is 6.38. The molecule has 0 fully saturated rings. The fourth-order valence-electron chi connectivity index (χ4n) is 4.01. The maximum Gasteiger partial charge on any atom is 0.422 e. The maximum atomic E-state index is 14.1. The highest BCUT2D eigenvalue weighted by molar-refractivity contribution is 5.92. The highest BCUT2D eigenvalue weighted by Gasteiger charge is 2.53. The summed E-state index contributed by atoms with van der Waals surface area (Å²) in [4.78, 5) is 17.7. The number of benzene rings is 2. The average molecular weight is 493 g/mol. The number of alkyl halides is 3. The summed E-state index contributed by atoms with van der Waals surface area (Å²) in [5, 5.41) is 10.9. The molecule has 9 heteroatoms. The summed E-state index contributed by atoms with van der Waals surface area (Å²) in [6, 6.07) is 9.96. The molecule has 3 aromatic rings. The van der Waals surface area contributed by atoms with Gasteiger partial charge in [-0.05, 0) is 60.1 Å². The molecule has 0 aliphatic carbocycles. The normalized spacial score (nSPS) is 15.0. The van der Waals surface area contributed by atoms with Gasteiger partial charge >= 0.3 is 6.18 Å². The molecule has 2 aromatic carbocycles. The first kappa shape index (κ1) is 26.4. The number of aromatic amines is 1. The third kappa shape index (κ3) is 5.56. The third-order valence-corrected chi connectivity index (χ3v) is 6.14. The van der Waals surface area contributed by atoms with Gasteiger partial charge in [-0.1, -0.05) is 32.9 Å². The highest BCUT2D eigenvalue weighted by Crippen LogP contribution is 2.42. The van der Waals surface area contributed by atoms with Gasteiger partial charge in [0.25, 0.3) is 0 Å². The summed E-state index contributed by atoms with van der Waals surface area (Å²) in [5.74, 6) is -0.771. The van der Waals surface area contributed by atoms with Gasteiger partial charge < -0.3 is 14.8 Å². The van der Waals surface area contributed by atoms with Gasteiger partial charge in [0.2, 0.25) is 5.56 Å². The van der Waals surface area contributed by atoms with Gasteiger partial charge in [0.05, 0.1) is 18.3 Å². The minimum Gasteiger partial charge on any atom is -0.496 e. The molecule has 0 spiro atoms. The van der Waals surface area contributed by atoms with E-state index in [0.29, 0.717) is 23.9 Å². The number of rotatable bonds is 8. The number of fused-ring (bicyclic) bond motifs is 1. The fraction of sp³-hybridized carbons (Fsp3) is 0.385. The van der Waals surface area contributed by atoms with E-state index in [4.69, 9.17) is 4.74 Å². The van der Waals surface area contributed by atoms with Crippen LogP contribution in [0.4, 0.5) is 23.2 Å². The smallest absolute Gasteiger partial charge is 0.422 e. The Labute approximate surface area is 200 Å². The van der Waals surface area contributed by atoms with Crippen LogP contribution in [0.3, 0.4) is 0 Å². The predicted molar refractivity (Wildman–Crippen MR) is 128 cm³/mol. The van der Waals surface area contributed by atoms with Crippen molar-refractivity contribution >= 4 is 22.8 Å². The molecule has 188 valence electrons. The van der Waals surface area contributed by atoms with Crippen LogP contribution in [0.5, 0.6) is 5.75 Å². The molecule has 0 aliphatic rings. The number of ether oxygens (including phenoxy) is 1. The Kier molecular flexibility index (Phi) is 7.69. The van der Waals surface area contributed by atoms with Gasteiger partial charge in [0.15, 0.2) is 5.60 Å². The summed E-state index contributed by atoms with van der Waals surface area (Å²) in [5.41, 5.74) is -2.49. The van der Waals surface area contributed by atoms with E-state index in [2.05, 4.69) is 9.98 Å². The molecule has 1 heterocycles. The van der Waals surface area contributed by atoms with Crippen LogP contribution < -0.4 is 10.3 Å². The lowest BCUT2D eigenvalue weighted by atomic mass is 9.83. The molecule has 0 amide bonds. The van der Waals surface area contributed by atoms with Gasteiger partial charge in [-0.3, -0.25) is 9.79 Å². The van der Waals surface area contributed by atoms with Crippen molar-refractivity contribution in [1.29, 1.82) is 0 Å². The lowest BCUT2D eigenvalue weighted by Gasteiger charge is -2.31. The second-order valence-electron chi connectivity index (χ2n) is 8.82. The van der Waals surface area contributed by atoms with E-state index < -0.39 is 35.5 Å². The van der Waals surface area contributed by atoms with Gasteiger partial charge in [0.1, 0.15) is 11.6 Å². The number of hydrogen-bond donors (Lipinski definition) is 2. The Balaban J connectivity index is 2.03. The van der Waals surface area contributed by atoms with Crippen molar-refractivity contribution in [3.05, 3.63) is 69.8 Å². The molecular weight excluding hydrogens is 464 g/mol. The quantitative estimate of drug-likeness (QED) is 0.283. The van der Waals surface area contributed by atoms with E-state index in [9.17, 15) is 27.5 Å². The molecule has 0 aliphatic heterocycles. The summed E-state index contributed by atoms with van der Waals surface area (Å²) in [6.45, 7) is 5.73. The molecule has 0 saturated heterocycles. The Bertz CT molecular complexity index is 1280. The standard InChI is InChI=1S/C26H28F4N2O3/c1-5-16(18-7-6-17(15(2)3)12-22(18)35-4)13-25(34,26(28,29)30)14-31-21-10-9-20(27)24-19(21)8-11-23(33)32-24/h6-12,14-16,34H,5,13H2,1-4H3,(H,32,33). The number of methoxy groups -OCH3 is 1. The van der Waals surface area contributed by atoms with E-state index in [1.54, 1.807) is 19.1 Å². The minimum absolute atomic E-state index is 0.0211. The number of nitrogens with zero attached hydrogens (tertiary/aromatic N) is 1. The molecule has 2 unspecified atom stereocenters. The number of pyridine rings is 1. The Morgan fingerprint density at radius 2 is 1.86 bits per heavy atom. The average Bonchev–Trinajstić information content (AvgIpc) is 2.81. The van der Waals surface area contributed by atoms with Gasteiger partial charge in [-0.2, -0.15) is 13.2 Å². The molecule has 2 atom stereocenters. The molecular formula is C26H28F4N2O3. The molecule has 5 nitrogen and oxygen atoms in total. The van der Waals surface area contributed by atoms with E-state index in [0.717, 1.165) is 17.7 Å². The van der Waals surface area contributed by atoms with Crippen LogP contribution in [-0.4, -0.2) is 35.2 Å². The van der Waals surface area contributed by atoms with Crippen LogP contribution >= 0.6 is 0 Å². The van der Waals surface area contributed by atoms with Crippen molar-refractivity contribution in [1.82, 2.24) is 4.98 Å². The van der Waals surface area contributed by atoms with E-state index in [1.165, 1.54) is 19.2 Å². The molecule has 0 radical (unpaired) electrons. The van der Waals surface area contributed by atoms with Gasteiger partial charge in [-0.25, -0.2) is 4.39 Å². The van der Waals surface area contributed by atoms with Crippen LogP contribution in [0, 0.1) is 5.82 Å². The number of aromatic nitrogens is 1. The van der Waals surface area contributed by atoms with Crippen molar-refractivity contribution in [3.63, 3.8) is 0 Å². The van der Waals surface area contributed by atoms with Crippen molar-refractivity contribution in [2.45, 2.75) is 57.2 Å². The minimum atomic E-state index is -5.03. The van der Waals surface area contributed by atoms with Crippen molar-refractivity contribution in [2.75, 3.05) is 7.11 Å². The van der Waals surface area contributed by atoms with Crippen LogP contribution in [0.1, 0.15) is 56.6 Å². The van der Waals surface area contributed by atoms with E-state index >= 15 is 0 Å². The summed E-state index contributed by atoms with van der Waals surface area (Å²) >= 11 is 0.